The van der Waals surface area contributed by atoms with Crippen LogP contribution in [0.4, 0.5) is 4.39 Å². The third-order valence-electron chi connectivity index (χ3n) is 5.24. The molecule has 2 atom stereocenters. The second-order valence-electron chi connectivity index (χ2n) is 7.02. The first-order chi connectivity index (χ1) is 13.9. The lowest BCUT2D eigenvalue weighted by atomic mass is 9.95. The zero-order chi connectivity index (χ0) is 20.3. The molecule has 1 saturated heterocycles. The average Bonchev–Trinajstić information content (AvgIpc) is 3.34. The Kier molecular flexibility index (Phi) is 3.64. The van der Waals surface area contributed by atoms with E-state index >= 15 is 0 Å². The molecule has 0 bridgehead atoms. The van der Waals surface area contributed by atoms with E-state index in [-0.39, 0.29) is 24.4 Å². The molecule has 3 aromatic rings. The summed E-state index contributed by atoms with van der Waals surface area (Å²) in [6.07, 6.45) is 0.214. The Bertz CT molecular complexity index is 1150. The van der Waals surface area contributed by atoms with Crippen LogP contribution in [0.1, 0.15) is 21.7 Å². The number of aliphatic hydroxyl groups is 1. The van der Waals surface area contributed by atoms with Crippen molar-refractivity contribution in [3.05, 3.63) is 59.2 Å². The van der Waals surface area contributed by atoms with Crippen LogP contribution in [0, 0.1) is 5.82 Å². The number of aromatic nitrogens is 1. The maximum atomic E-state index is 14.3. The smallest absolute Gasteiger partial charge is 0.257 e. The third kappa shape index (κ3) is 2.50. The highest BCUT2D eigenvalue weighted by Gasteiger charge is 2.53. The fourth-order valence-electron chi connectivity index (χ4n) is 3.86. The molecule has 1 fully saturated rings. The largest absolute Gasteiger partial charge is 0.505 e. The molecule has 0 saturated carbocycles. The van der Waals surface area contributed by atoms with Crippen LogP contribution in [0.25, 0.3) is 11.1 Å². The molecule has 1 aromatic carbocycles. The third-order valence-corrected chi connectivity index (χ3v) is 5.24. The lowest BCUT2D eigenvalue weighted by Crippen LogP contribution is -2.53. The van der Waals surface area contributed by atoms with Gasteiger partial charge in [0.05, 0.1) is 12.1 Å². The van der Waals surface area contributed by atoms with Crippen LogP contribution in [0.5, 0.6) is 5.75 Å². The van der Waals surface area contributed by atoms with E-state index in [1.807, 2.05) is 0 Å². The summed E-state index contributed by atoms with van der Waals surface area (Å²) in [7, 11) is 0. The van der Waals surface area contributed by atoms with Crippen LogP contribution in [-0.4, -0.2) is 44.8 Å². The highest BCUT2D eigenvalue weighted by atomic mass is 19.1. The second-order valence-corrected chi connectivity index (χ2v) is 7.02. The first-order valence-electron chi connectivity index (χ1n) is 8.80. The zero-order valence-electron chi connectivity index (χ0n) is 14.8. The molecule has 10 heteroatoms. The summed E-state index contributed by atoms with van der Waals surface area (Å²) in [5.41, 5.74) is -0.498. The molecule has 2 aliphatic rings. The second kappa shape index (κ2) is 6.00. The van der Waals surface area contributed by atoms with E-state index in [0.29, 0.717) is 16.7 Å². The number of nitrogens with zero attached hydrogens (tertiary/aromatic N) is 2. The Balaban J connectivity index is 1.56. The molecule has 2 amide bonds. The molecule has 4 N–H and O–H groups in total. The molecule has 148 valence electrons. The summed E-state index contributed by atoms with van der Waals surface area (Å²) >= 11 is 0. The Labute approximate surface area is 162 Å². The standard InChI is InChI=1S/C19H15FN4O5/c20-15-11(25)4-3-9-7-24(16(26)14(9)15)8-19(17(27)22-18(28)23-19)13-6-10-12(29-13)2-1-5-21-10/h1-6,18,23,25,28H,7-8H2,(H,22,27). The summed E-state index contributed by atoms with van der Waals surface area (Å²) in [5, 5.41) is 24.6. The first-order valence-corrected chi connectivity index (χ1v) is 8.80. The lowest BCUT2D eigenvalue weighted by molar-refractivity contribution is -0.125. The van der Waals surface area contributed by atoms with Gasteiger partial charge in [0.2, 0.25) is 0 Å². The van der Waals surface area contributed by atoms with Gasteiger partial charge in [-0.05, 0) is 23.8 Å². The molecule has 2 aromatic heterocycles. The van der Waals surface area contributed by atoms with Gasteiger partial charge in [-0.25, -0.2) is 4.39 Å². The van der Waals surface area contributed by atoms with Gasteiger partial charge in [-0.3, -0.25) is 19.9 Å². The fraction of sp³-hybridized carbons (Fsp3) is 0.211. The van der Waals surface area contributed by atoms with Crippen LogP contribution >= 0.6 is 0 Å². The van der Waals surface area contributed by atoms with Gasteiger partial charge in [-0.1, -0.05) is 6.07 Å². The van der Waals surface area contributed by atoms with Crippen LogP contribution in [-0.2, 0) is 16.9 Å². The van der Waals surface area contributed by atoms with Crippen molar-refractivity contribution in [1.82, 2.24) is 20.5 Å². The van der Waals surface area contributed by atoms with Crippen LogP contribution < -0.4 is 10.6 Å². The topological polar surface area (TPSA) is 128 Å². The van der Waals surface area contributed by atoms with E-state index in [2.05, 4.69) is 15.6 Å². The van der Waals surface area contributed by atoms with Gasteiger partial charge in [0, 0.05) is 18.8 Å². The van der Waals surface area contributed by atoms with E-state index in [1.54, 1.807) is 24.4 Å². The molecule has 4 heterocycles. The number of halogens is 1. The predicted octanol–water partition coefficient (Wildman–Crippen LogP) is 0.519. The van der Waals surface area contributed by atoms with E-state index in [9.17, 15) is 24.2 Å². The number of hydrogen-bond donors (Lipinski definition) is 4. The number of aliphatic hydroxyl groups excluding tert-OH is 1. The highest BCUT2D eigenvalue weighted by Crippen LogP contribution is 2.35. The number of phenols is 1. The minimum atomic E-state index is -1.60. The van der Waals surface area contributed by atoms with Crippen LogP contribution in [0.15, 0.2) is 40.9 Å². The normalized spacial score (nSPS) is 23.7. The Morgan fingerprint density at radius 2 is 2.17 bits per heavy atom. The van der Waals surface area contributed by atoms with Crippen molar-refractivity contribution in [2.45, 2.75) is 18.4 Å². The number of carbonyl (C=O) groups is 2. The van der Waals surface area contributed by atoms with Crippen molar-refractivity contribution in [1.29, 1.82) is 0 Å². The minimum Gasteiger partial charge on any atom is -0.505 e. The van der Waals surface area contributed by atoms with Crippen molar-refractivity contribution in [3.8, 4) is 5.75 Å². The fourth-order valence-corrected chi connectivity index (χ4v) is 3.86. The van der Waals surface area contributed by atoms with Gasteiger partial charge in [-0.2, -0.15) is 0 Å². The molecule has 0 aliphatic carbocycles. The van der Waals surface area contributed by atoms with Crippen molar-refractivity contribution in [3.63, 3.8) is 0 Å². The monoisotopic (exact) mass is 398 g/mol. The van der Waals surface area contributed by atoms with Gasteiger partial charge < -0.3 is 24.8 Å². The molecule has 29 heavy (non-hydrogen) atoms. The first kappa shape index (κ1) is 17.6. The van der Waals surface area contributed by atoms with E-state index in [0.717, 1.165) is 0 Å². The van der Waals surface area contributed by atoms with E-state index < -0.39 is 35.3 Å². The number of nitrogens with one attached hydrogen (secondary N) is 2. The summed E-state index contributed by atoms with van der Waals surface area (Å²) < 4.78 is 20.1. The van der Waals surface area contributed by atoms with E-state index in [4.69, 9.17) is 4.42 Å². The number of amides is 2. The van der Waals surface area contributed by atoms with Gasteiger partial charge in [-0.15, -0.1) is 0 Å². The molecule has 0 spiro atoms. The summed E-state index contributed by atoms with van der Waals surface area (Å²) in [6, 6.07) is 7.55. The van der Waals surface area contributed by atoms with Gasteiger partial charge in [0.15, 0.2) is 29.0 Å². The number of benzene rings is 1. The Morgan fingerprint density at radius 1 is 1.34 bits per heavy atom. The van der Waals surface area contributed by atoms with Gasteiger partial charge in [0.1, 0.15) is 11.3 Å². The van der Waals surface area contributed by atoms with Gasteiger partial charge in [0.25, 0.3) is 11.8 Å². The molecule has 0 radical (unpaired) electrons. The van der Waals surface area contributed by atoms with Gasteiger partial charge >= 0.3 is 0 Å². The quantitative estimate of drug-likeness (QED) is 0.506. The Morgan fingerprint density at radius 3 is 2.90 bits per heavy atom. The molecule has 2 aliphatic heterocycles. The number of phenolic OH excluding ortho intramolecular Hbond substituents is 1. The van der Waals surface area contributed by atoms with Crippen LogP contribution in [0.3, 0.4) is 0 Å². The van der Waals surface area contributed by atoms with Crippen molar-refractivity contribution >= 4 is 22.9 Å². The number of aromatic hydroxyl groups is 1. The van der Waals surface area contributed by atoms with E-state index in [1.165, 1.54) is 17.0 Å². The number of carbonyl (C=O) groups excluding carboxylic acids is 2. The molecule has 9 nitrogen and oxygen atoms in total. The zero-order valence-corrected chi connectivity index (χ0v) is 14.8. The number of furan rings is 1. The maximum absolute atomic E-state index is 14.3. The molecule has 2 unspecified atom stereocenters. The average molecular weight is 398 g/mol. The minimum absolute atomic E-state index is 0.0383. The number of fused-ring (bicyclic) bond motifs is 2. The SMILES string of the molecule is O=C1c2c(ccc(O)c2F)CN1CC1(c2cc3ncccc3o2)NC(O)NC1=O. The summed E-state index contributed by atoms with van der Waals surface area (Å²) in [4.78, 5) is 31.0. The Hall–Kier alpha value is -3.50. The van der Waals surface area contributed by atoms with Crippen molar-refractivity contribution in [2.24, 2.45) is 0 Å². The lowest BCUT2D eigenvalue weighted by Gasteiger charge is -2.29. The van der Waals surface area contributed by atoms with Crippen molar-refractivity contribution in [2.75, 3.05) is 6.54 Å². The van der Waals surface area contributed by atoms with Crippen molar-refractivity contribution < 1.29 is 28.6 Å². The highest BCUT2D eigenvalue weighted by molar-refractivity contribution is 6.00. The number of hydrogen-bond acceptors (Lipinski definition) is 7. The number of rotatable bonds is 3. The number of pyridine rings is 1. The molecular weight excluding hydrogens is 383 g/mol. The maximum Gasteiger partial charge on any atom is 0.257 e. The van der Waals surface area contributed by atoms with Crippen LogP contribution in [0.2, 0.25) is 0 Å². The summed E-state index contributed by atoms with van der Waals surface area (Å²) in [5.74, 6) is -2.73. The predicted molar refractivity (Wildman–Crippen MR) is 95.8 cm³/mol. The summed E-state index contributed by atoms with van der Waals surface area (Å²) in [6.45, 7) is -0.194. The molecular formula is C19H15FN4O5. The molecule has 5 rings (SSSR count).